The summed E-state index contributed by atoms with van der Waals surface area (Å²) in [5, 5.41) is 0. The van der Waals surface area contributed by atoms with E-state index in [1.807, 2.05) is 13.8 Å². The Kier molecular flexibility index (Phi) is 15.9. The summed E-state index contributed by atoms with van der Waals surface area (Å²) in [5.74, 6) is 2.58. The van der Waals surface area contributed by atoms with Crippen LogP contribution in [0.4, 0.5) is 5.69 Å². The third-order valence-electron chi connectivity index (χ3n) is 6.25. The van der Waals surface area contributed by atoms with Crippen molar-refractivity contribution in [3.63, 3.8) is 0 Å². The van der Waals surface area contributed by atoms with Crippen molar-refractivity contribution in [2.24, 2.45) is 5.92 Å². The van der Waals surface area contributed by atoms with E-state index in [9.17, 15) is 0 Å². The summed E-state index contributed by atoms with van der Waals surface area (Å²) in [4.78, 5) is 2.56. The summed E-state index contributed by atoms with van der Waals surface area (Å²) in [5.41, 5.74) is 9.01. The lowest BCUT2D eigenvalue weighted by Crippen LogP contribution is -2.26. The maximum Gasteiger partial charge on any atom is 0.0433 e. The molecule has 0 unspecified atom stereocenters. The molecule has 2 rings (SSSR count). The highest BCUT2D eigenvalue weighted by Gasteiger charge is 2.16. The van der Waals surface area contributed by atoms with E-state index in [0.717, 1.165) is 13.1 Å². The second kappa shape index (κ2) is 16.8. The number of anilines is 1. The van der Waals surface area contributed by atoms with E-state index in [4.69, 9.17) is 0 Å². The minimum atomic E-state index is 0.591. The fourth-order valence-electron chi connectivity index (χ4n) is 4.69. The van der Waals surface area contributed by atoms with Gasteiger partial charge >= 0.3 is 0 Å². The molecule has 0 spiro atoms. The molecule has 0 atom stereocenters. The molecule has 1 nitrogen and oxygen atoms in total. The van der Waals surface area contributed by atoms with Crippen molar-refractivity contribution < 1.29 is 0 Å². The van der Waals surface area contributed by atoms with Gasteiger partial charge in [-0.2, -0.15) is 0 Å². The van der Waals surface area contributed by atoms with Crippen LogP contribution in [0.2, 0.25) is 0 Å². The standard InChI is InChI=1S/C18H31N.C13H20.C2H6/c1-7-12-19(8-2)18-16(13-14(3)4)10-9-11-17(18)15(5)6;1-9(2)12-7-6-8-13(10(3)4)11(12)5;1-2/h9-11,14-15H,7-8,12-13H2,1-6H3;6-10H,1-5H3;1-2H3. The van der Waals surface area contributed by atoms with Gasteiger partial charge in [-0.3, -0.25) is 0 Å². The normalized spacial score (nSPS) is 10.9. The third-order valence-corrected chi connectivity index (χ3v) is 6.25. The lowest BCUT2D eigenvalue weighted by Gasteiger charge is -2.30. The van der Waals surface area contributed by atoms with Gasteiger partial charge in [0.15, 0.2) is 0 Å². The zero-order valence-corrected chi connectivity index (χ0v) is 25.0. The molecule has 0 amide bonds. The maximum absolute atomic E-state index is 2.56. The van der Waals surface area contributed by atoms with Gasteiger partial charge in [-0.15, -0.1) is 0 Å². The monoisotopic (exact) mass is 467 g/mol. The molecule has 0 aliphatic rings. The minimum absolute atomic E-state index is 0.591. The average Bonchev–Trinajstić information content (AvgIpc) is 2.78. The molecule has 0 aliphatic carbocycles. The van der Waals surface area contributed by atoms with Gasteiger partial charge in [-0.25, -0.2) is 0 Å². The Morgan fingerprint density at radius 1 is 0.676 bits per heavy atom. The molecule has 0 N–H and O–H groups in total. The van der Waals surface area contributed by atoms with Gasteiger partial charge in [0.25, 0.3) is 0 Å². The largest absolute Gasteiger partial charge is 0.371 e. The van der Waals surface area contributed by atoms with Crippen molar-refractivity contribution in [1.82, 2.24) is 0 Å². The maximum atomic E-state index is 2.56. The molecular formula is C33H57N. The van der Waals surface area contributed by atoms with Crippen LogP contribution in [0, 0.1) is 12.8 Å². The van der Waals surface area contributed by atoms with Gasteiger partial charge in [0.1, 0.15) is 0 Å². The van der Waals surface area contributed by atoms with E-state index in [0.29, 0.717) is 23.7 Å². The average molecular weight is 468 g/mol. The molecule has 2 aromatic carbocycles. The fraction of sp³-hybridized carbons (Fsp3) is 0.636. The number of benzene rings is 2. The van der Waals surface area contributed by atoms with E-state index in [-0.39, 0.29) is 0 Å². The molecule has 2 aromatic rings. The Bertz CT molecular complexity index is 772. The van der Waals surface area contributed by atoms with E-state index in [2.05, 4.69) is 117 Å². The molecule has 0 fully saturated rings. The van der Waals surface area contributed by atoms with Gasteiger partial charge < -0.3 is 4.90 Å². The van der Waals surface area contributed by atoms with E-state index in [1.54, 1.807) is 0 Å². The number of nitrogens with zero attached hydrogens (tertiary/aromatic N) is 1. The number of rotatable bonds is 9. The molecule has 1 heteroatoms. The van der Waals surface area contributed by atoms with Crippen molar-refractivity contribution in [3.8, 4) is 0 Å². The summed E-state index contributed by atoms with van der Waals surface area (Å²) in [6.45, 7) is 31.3. The van der Waals surface area contributed by atoms with E-state index in [1.165, 1.54) is 46.3 Å². The Hall–Kier alpha value is -1.76. The quantitative estimate of drug-likeness (QED) is 0.354. The van der Waals surface area contributed by atoms with Crippen molar-refractivity contribution in [3.05, 3.63) is 64.2 Å². The van der Waals surface area contributed by atoms with Gasteiger partial charge in [-0.05, 0) is 78.2 Å². The second-order valence-electron chi connectivity index (χ2n) is 10.6. The first-order valence-corrected chi connectivity index (χ1v) is 14.0. The first kappa shape index (κ1) is 32.2. The molecule has 0 radical (unpaired) electrons. The lowest BCUT2D eigenvalue weighted by atomic mass is 9.90. The number of hydrogen-bond donors (Lipinski definition) is 0. The summed E-state index contributed by atoms with van der Waals surface area (Å²) < 4.78 is 0. The van der Waals surface area contributed by atoms with Crippen molar-refractivity contribution in [2.75, 3.05) is 18.0 Å². The van der Waals surface area contributed by atoms with Crippen LogP contribution in [-0.4, -0.2) is 13.1 Å². The van der Waals surface area contributed by atoms with Crippen LogP contribution in [0.3, 0.4) is 0 Å². The molecule has 0 aromatic heterocycles. The second-order valence-corrected chi connectivity index (χ2v) is 10.6. The van der Waals surface area contributed by atoms with E-state index < -0.39 is 0 Å². The van der Waals surface area contributed by atoms with Crippen molar-refractivity contribution >= 4 is 5.69 Å². The van der Waals surface area contributed by atoms with Crippen LogP contribution in [-0.2, 0) is 6.42 Å². The van der Waals surface area contributed by atoms with Gasteiger partial charge in [0.2, 0.25) is 0 Å². The summed E-state index contributed by atoms with van der Waals surface area (Å²) in [6.07, 6.45) is 2.39. The van der Waals surface area contributed by atoms with Crippen LogP contribution in [0.25, 0.3) is 0 Å². The minimum Gasteiger partial charge on any atom is -0.371 e. The van der Waals surface area contributed by atoms with Gasteiger partial charge in [0.05, 0.1) is 0 Å². The summed E-state index contributed by atoms with van der Waals surface area (Å²) in [6, 6.07) is 13.5. The van der Waals surface area contributed by atoms with Crippen LogP contribution >= 0.6 is 0 Å². The molecule has 0 saturated heterocycles. The van der Waals surface area contributed by atoms with Crippen molar-refractivity contribution in [1.29, 1.82) is 0 Å². The Balaban J connectivity index is 0.000000633. The zero-order valence-electron chi connectivity index (χ0n) is 25.0. The van der Waals surface area contributed by atoms with Crippen LogP contribution in [0.1, 0.15) is 135 Å². The first-order valence-electron chi connectivity index (χ1n) is 14.0. The zero-order chi connectivity index (χ0) is 26.4. The highest BCUT2D eigenvalue weighted by atomic mass is 15.1. The van der Waals surface area contributed by atoms with Crippen LogP contribution in [0.15, 0.2) is 36.4 Å². The Morgan fingerprint density at radius 3 is 1.50 bits per heavy atom. The predicted octanol–water partition coefficient (Wildman–Crippen LogP) is 10.5. The first-order chi connectivity index (χ1) is 16.0. The molecule has 0 bridgehead atoms. The topological polar surface area (TPSA) is 3.24 Å². The highest BCUT2D eigenvalue weighted by Crippen LogP contribution is 2.33. The highest BCUT2D eigenvalue weighted by molar-refractivity contribution is 5.61. The molecule has 34 heavy (non-hydrogen) atoms. The summed E-state index contributed by atoms with van der Waals surface area (Å²) in [7, 11) is 0. The smallest absolute Gasteiger partial charge is 0.0433 e. The number of para-hydroxylation sites is 1. The van der Waals surface area contributed by atoms with Gasteiger partial charge in [-0.1, -0.05) is 113 Å². The van der Waals surface area contributed by atoms with Gasteiger partial charge in [0, 0.05) is 18.8 Å². The predicted molar refractivity (Wildman–Crippen MR) is 158 cm³/mol. The van der Waals surface area contributed by atoms with Crippen LogP contribution < -0.4 is 4.90 Å². The molecule has 194 valence electrons. The van der Waals surface area contributed by atoms with Crippen LogP contribution in [0.5, 0.6) is 0 Å². The molecular weight excluding hydrogens is 410 g/mol. The lowest BCUT2D eigenvalue weighted by molar-refractivity contribution is 0.642. The molecule has 0 saturated carbocycles. The summed E-state index contributed by atoms with van der Waals surface area (Å²) >= 11 is 0. The number of hydrogen-bond acceptors (Lipinski definition) is 1. The Labute approximate surface area is 214 Å². The van der Waals surface area contributed by atoms with Crippen molar-refractivity contribution in [2.45, 2.75) is 121 Å². The third kappa shape index (κ3) is 9.85. The SMILES string of the molecule is CC.CCCN(CC)c1c(CC(C)C)cccc1C(C)C.Cc1c(C(C)C)cccc1C(C)C. The Morgan fingerprint density at radius 2 is 1.12 bits per heavy atom. The molecule has 0 aliphatic heterocycles. The van der Waals surface area contributed by atoms with E-state index >= 15 is 0 Å². The molecule has 0 heterocycles. The fourth-order valence-corrected chi connectivity index (χ4v) is 4.69.